The van der Waals surface area contributed by atoms with Crippen LogP contribution in [0.3, 0.4) is 0 Å². The van der Waals surface area contributed by atoms with Crippen LogP contribution >= 0.6 is 0 Å². The lowest BCUT2D eigenvalue weighted by atomic mass is 9.61. The number of hydrogen-bond donors (Lipinski definition) is 1. The molecule has 5 rings (SSSR count). The fourth-order valence-electron chi connectivity index (χ4n) is 4.86. The van der Waals surface area contributed by atoms with Crippen LogP contribution in [0, 0.1) is 0 Å². The zero-order valence-electron chi connectivity index (χ0n) is 16.7. The highest BCUT2D eigenvalue weighted by Crippen LogP contribution is 2.57. The van der Waals surface area contributed by atoms with Gasteiger partial charge >= 0.3 is 6.09 Å². The summed E-state index contributed by atoms with van der Waals surface area (Å²) < 4.78 is 5.75. The van der Waals surface area contributed by atoms with Crippen LogP contribution in [0.15, 0.2) is 53.5 Å². The first-order chi connectivity index (χ1) is 13.8. The van der Waals surface area contributed by atoms with E-state index in [1.54, 1.807) is 4.90 Å². The zero-order valence-corrected chi connectivity index (χ0v) is 16.7. The van der Waals surface area contributed by atoms with Gasteiger partial charge < -0.3 is 10.1 Å². The lowest BCUT2D eigenvalue weighted by molar-refractivity contribution is -0.125. The Morgan fingerprint density at radius 1 is 1.17 bits per heavy atom. The van der Waals surface area contributed by atoms with Crippen LogP contribution in [0.2, 0.25) is 0 Å². The topological polar surface area (TPSA) is 71.0 Å². The second-order valence-electron chi connectivity index (χ2n) is 8.77. The summed E-state index contributed by atoms with van der Waals surface area (Å²) in [6.07, 6.45) is 0.202. The van der Waals surface area contributed by atoms with Crippen LogP contribution in [0.25, 0.3) is 0 Å². The highest BCUT2D eigenvalue weighted by Gasteiger charge is 2.60. The average Bonchev–Trinajstić information content (AvgIpc) is 2.98. The SMILES string of the molecule is CC(C)(C)OC(=O)N1C2=Nc3ccccc3[C@@]23CCNC(=O)[C@H]3c2ccccc21. The summed E-state index contributed by atoms with van der Waals surface area (Å²) in [5, 5.41) is 3.01. The van der Waals surface area contributed by atoms with E-state index in [0.29, 0.717) is 24.5 Å². The second kappa shape index (κ2) is 5.92. The van der Waals surface area contributed by atoms with E-state index in [1.807, 2.05) is 69.3 Å². The maximum atomic E-state index is 13.3. The van der Waals surface area contributed by atoms with Crippen LogP contribution in [-0.4, -0.2) is 30.0 Å². The molecule has 2 atom stereocenters. The zero-order chi connectivity index (χ0) is 20.4. The molecule has 2 aromatic rings. The van der Waals surface area contributed by atoms with Gasteiger partial charge in [-0.1, -0.05) is 36.4 Å². The summed E-state index contributed by atoms with van der Waals surface area (Å²) in [4.78, 5) is 32.9. The van der Waals surface area contributed by atoms with E-state index in [0.717, 1.165) is 16.8 Å². The molecule has 6 heteroatoms. The Balaban J connectivity index is 1.79. The molecule has 0 bridgehead atoms. The van der Waals surface area contributed by atoms with Gasteiger partial charge in [0.1, 0.15) is 11.4 Å². The predicted molar refractivity (Wildman–Crippen MR) is 111 cm³/mol. The maximum Gasteiger partial charge on any atom is 0.420 e. The van der Waals surface area contributed by atoms with Gasteiger partial charge in [0.25, 0.3) is 0 Å². The Bertz CT molecular complexity index is 1070. The Morgan fingerprint density at radius 2 is 1.90 bits per heavy atom. The van der Waals surface area contributed by atoms with E-state index < -0.39 is 23.0 Å². The highest BCUT2D eigenvalue weighted by molar-refractivity contribution is 6.25. The molecule has 0 aromatic heterocycles. The summed E-state index contributed by atoms with van der Waals surface area (Å²) in [5.41, 5.74) is 1.97. The van der Waals surface area contributed by atoms with Crippen molar-refractivity contribution in [1.82, 2.24) is 5.32 Å². The van der Waals surface area contributed by atoms with Gasteiger partial charge in [0.05, 0.1) is 22.7 Å². The lowest BCUT2D eigenvalue weighted by Gasteiger charge is -2.49. The standard InChI is InChI=1S/C23H23N3O3/c1-22(2,3)29-21(28)26-17-11-7-4-8-14(17)18-19(27)24-13-12-23(18)15-9-5-6-10-16(15)25-20(23)26/h4-11,18H,12-13H2,1-3H3,(H,24,27)/t18-,23-/m1/s1. The number of aliphatic imine (C=N–C) groups is 1. The molecular formula is C23H23N3O3. The number of piperidine rings is 1. The van der Waals surface area contributed by atoms with Crippen molar-refractivity contribution in [3.05, 3.63) is 59.7 Å². The first kappa shape index (κ1) is 17.9. The van der Waals surface area contributed by atoms with Crippen molar-refractivity contribution < 1.29 is 14.3 Å². The van der Waals surface area contributed by atoms with E-state index in [2.05, 4.69) is 5.32 Å². The molecule has 2 amide bonds. The number of amides is 2. The number of nitrogens with zero attached hydrogens (tertiary/aromatic N) is 2. The van der Waals surface area contributed by atoms with Gasteiger partial charge in [-0.15, -0.1) is 0 Å². The van der Waals surface area contributed by atoms with Crippen molar-refractivity contribution in [2.24, 2.45) is 4.99 Å². The minimum absolute atomic E-state index is 0.0306. The Morgan fingerprint density at radius 3 is 2.69 bits per heavy atom. The van der Waals surface area contributed by atoms with Crippen LogP contribution < -0.4 is 10.2 Å². The quantitative estimate of drug-likeness (QED) is 0.740. The maximum absolute atomic E-state index is 13.3. The molecule has 0 unspecified atom stereocenters. The number of nitrogens with one attached hydrogen (secondary N) is 1. The smallest absolute Gasteiger partial charge is 0.420 e. The molecule has 1 fully saturated rings. The van der Waals surface area contributed by atoms with Gasteiger partial charge in [0.15, 0.2) is 0 Å². The minimum Gasteiger partial charge on any atom is -0.443 e. The second-order valence-corrected chi connectivity index (χ2v) is 8.77. The van der Waals surface area contributed by atoms with Crippen molar-refractivity contribution in [2.75, 3.05) is 11.4 Å². The summed E-state index contributed by atoms with van der Waals surface area (Å²) in [5.74, 6) is 0.122. The lowest BCUT2D eigenvalue weighted by Crippen LogP contribution is -2.61. The van der Waals surface area contributed by atoms with Crippen molar-refractivity contribution in [3.8, 4) is 0 Å². The number of anilines is 1. The van der Waals surface area contributed by atoms with Gasteiger partial charge in [-0.2, -0.15) is 0 Å². The molecule has 0 radical (unpaired) electrons. The molecule has 2 aromatic carbocycles. The highest BCUT2D eigenvalue weighted by atomic mass is 16.6. The molecule has 3 aliphatic heterocycles. The summed E-state index contributed by atoms with van der Waals surface area (Å²) in [6, 6.07) is 15.4. The number of carbonyl (C=O) groups is 2. The van der Waals surface area contributed by atoms with Gasteiger partial charge in [0.2, 0.25) is 5.91 Å². The number of ether oxygens (including phenoxy) is 1. The van der Waals surface area contributed by atoms with Crippen molar-refractivity contribution in [2.45, 2.75) is 44.1 Å². The minimum atomic E-state index is -0.676. The third kappa shape index (κ3) is 2.44. The molecule has 3 heterocycles. The Hall–Kier alpha value is -3.15. The van der Waals surface area contributed by atoms with Crippen LogP contribution in [0.5, 0.6) is 0 Å². The molecule has 3 aliphatic rings. The number of fused-ring (bicyclic) bond motifs is 3. The normalized spacial score (nSPS) is 24.5. The van der Waals surface area contributed by atoms with Crippen molar-refractivity contribution in [1.29, 1.82) is 0 Å². The molecule has 0 aliphatic carbocycles. The summed E-state index contributed by atoms with van der Waals surface area (Å²) >= 11 is 0. The molecule has 29 heavy (non-hydrogen) atoms. The molecule has 6 nitrogen and oxygen atoms in total. The van der Waals surface area contributed by atoms with Gasteiger partial charge in [-0.05, 0) is 50.5 Å². The number of benzene rings is 2. The van der Waals surface area contributed by atoms with Gasteiger partial charge in [-0.25, -0.2) is 14.7 Å². The van der Waals surface area contributed by atoms with Gasteiger partial charge in [-0.3, -0.25) is 4.79 Å². The van der Waals surface area contributed by atoms with E-state index in [9.17, 15) is 9.59 Å². The van der Waals surface area contributed by atoms with E-state index in [1.165, 1.54) is 0 Å². The molecule has 1 saturated heterocycles. The average molecular weight is 389 g/mol. The third-order valence-electron chi connectivity index (χ3n) is 5.86. The monoisotopic (exact) mass is 389 g/mol. The first-order valence-electron chi connectivity index (χ1n) is 9.91. The van der Waals surface area contributed by atoms with Crippen LogP contribution in [-0.2, 0) is 14.9 Å². The number of hydrogen-bond acceptors (Lipinski definition) is 4. The number of para-hydroxylation sites is 2. The van der Waals surface area contributed by atoms with E-state index in [-0.39, 0.29) is 5.91 Å². The summed E-state index contributed by atoms with van der Waals surface area (Å²) in [7, 11) is 0. The number of rotatable bonds is 0. The number of carbonyl (C=O) groups excluding carboxylic acids is 2. The van der Waals surface area contributed by atoms with Crippen LogP contribution in [0.1, 0.15) is 44.2 Å². The van der Waals surface area contributed by atoms with Crippen molar-refractivity contribution >= 4 is 29.2 Å². The Kier molecular flexibility index (Phi) is 3.66. The summed E-state index contributed by atoms with van der Waals surface area (Å²) in [6.45, 7) is 6.07. The van der Waals surface area contributed by atoms with Crippen LogP contribution in [0.4, 0.5) is 16.2 Å². The largest absolute Gasteiger partial charge is 0.443 e. The fourth-order valence-corrected chi connectivity index (χ4v) is 4.86. The molecular weight excluding hydrogens is 366 g/mol. The molecule has 148 valence electrons. The fraction of sp³-hybridized carbons (Fsp3) is 0.348. The van der Waals surface area contributed by atoms with E-state index >= 15 is 0 Å². The van der Waals surface area contributed by atoms with Gasteiger partial charge in [0, 0.05) is 6.54 Å². The van der Waals surface area contributed by atoms with Crippen molar-refractivity contribution in [3.63, 3.8) is 0 Å². The third-order valence-corrected chi connectivity index (χ3v) is 5.86. The molecule has 0 saturated carbocycles. The van der Waals surface area contributed by atoms with E-state index in [4.69, 9.17) is 9.73 Å². The molecule has 1 spiro atoms. The molecule has 1 N–H and O–H groups in total. The first-order valence-corrected chi connectivity index (χ1v) is 9.91. The Labute approximate surface area is 169 Å². The number of amidine groups is 1. The predicted octanol–water partition coefficient (Wildman–Crippen LogP) is 4.03.